The van der Waals surface area contributed by atoms with Gasteiger partial charge in [0.1, 0.15) is 18.0 Å². The van der Waals surface area contributed by atoms with Crippen molar-refractivity contribution < 1.29 is 48.3 Å². The maximum Gasteiger partial charge on any atom is 0.511 e. The van der Waals surface area contributed by atoms with E-state index < -0.39 is 50.1 Å². The van der Waals surface area contributed by atoms with E-state index in [1.54, 1.807) is 13.8 Å². The van der Waals surface area contributed by atoms with Crippen LogP contribution in [0.15, 0.2) is 0 Å². The molecule has 0 aliphatic heterocycles. The molecule has 0 aromatic rings. The average Bonchev–Trinajstić information content (AvgIpc) is 3.29. The highest BCUT2D eigenvalue weighted by Crippen LogP contribution is 2.67. The number of hydrogen-bond acceptors (Lipinski definition) is 10. The molecule has 9 atom stereocenters. The lowest BCUT2D eigenvalue weighted by Gasteiger charge is -2.61. The van der Waals surface area contributed by atoms with E-state index in [2.05, 4.69) is 13.8 Å². The highest BCUT2D eigenvalue weighted by atomic mass is 16.8. The van der Waals surface area contributed by atoms with E-state index in [9.17, 15) is 19.2 Å². The van der Waals surface area contributed by atoms with E-state index in [1.165, 1.54) is 19.3 Å². The number of hydrogen-bond donors (Lipinski definition) is 2. The first-order valence-corrected chi connectivity index (χ1v) is 15.8. The van der Waals surface area contributed by atoms with Gasteiger partial charge in [-0.3, -0.25) is 14.4 Å². The Bertz CT molecular complexity index is 994. The molecule has 0 heterocycles. The van der Waals surface area contributed by atoms with Crippen LogP contribution < -0.4 is 0 Å². The fraction of sp³-hybridized carbons (Fsp3) is 0.875. The molecule has 4 aliphatic rings. The van der Waals surface area contributed by atoms with Crippen molar-refractivity contribution >= 4 is 23.9 Å². The Labute approximate surface area is 249 Å². The summed E-state index contributed by atoms with van der Waals surface area (Å²) in [4.78, 5) is 48.7. The van der Waals surface area contributed by atoms with Gasteiger partial charge in [0.2, 0.25) is 6.79 Å². The molecule has 4 fully saturated rings. The molecule has 0 radical (unpaired) electrons. The van der Waals surface area contributed by atoms with Crippen molar-refractivity contribution in [3.8, 4) is 0 Å². The Hall–Kier alpha value is -2.20. The molecule has 10 heteroatoms. The fourth-order valence-electron chi connectivity index (χ4n) is 9.37. The van der Waals surface area contributed by atoms with Crippen molar-refractivity contribution in [2.45, 2.75) is 111 Å². The van der Waals surface area contributed by atoms with Gasteiger partial charge in [-0.2, -0.15) is 0 Å². The number of aliphatic hydroxyl groups excluding tert-OH is 2. The van der Waals surface area contributed by atoms with Crippen LogP contribution in [-0.4, -0.2) is 66.3 Å². The number of rotatable bonds is 11. The van der Waals surface area contributed by atoms with Crippen molar-refractivity contribution in [2.75, 3.05) is 20.0 Å². The van der Waals surface area contributed by atoms with E-state index in [1.807, 2.05) is 0 Å². The van der Waals surface area contributed by atoms with Gasteiger partial charge >= 0.3 is 18.1 Å². The third-order valence-corrected chi connectivity index (χ3v) is 11.5. The van der Waals surface area contributed by atoms with Gasteiger partial charge in [0, 0.05) is 18.8 Å². The van der Waals surface area contributed by atoms with Crippen LogP contribution in [-0.2, 0) is 33.3 Å². The fourth-order valence-corrected chi connectivity index (χ4v) is 9.37. The number of ketones is 1. The van der Waals surface area contributed by atoms with Crippen LogP contribution in [0.3, 0.4) is 0 Å². The molecular formula is C32H50O10. The smallest absolute Gasteiger partial charge is 0.457 e. The summed E-state index contributed by atoms with van der Waals surface area (Å²) in [7, 11) is 0. The van der Waals surface area contributed by atoms with E-state index in [4.69, 9.17) is 29.2 Å². The monoisotopic (exact) mass is 594 g/mol. The molecule has 4 rings (SSSR count). The minimum atomic E-state index is -0.985. The van der Waals surface area contributed by atoms with Crippen LogP contribution in [0.4, 0.5) is 4.79 Å². The molecule has 0 aromatic heterocycles. The Morgan fingerprint density at radius 3 is 2.19 bits per heavy atom. The van der Waals surface area contributed by atoms with Gasteiger partial charge in [-0.05, 0) is 105 Å². The molecular weight excluding hydrogens is 544 g/mol. The van der Waals surface area contributed by atoms with Gasteiger partial charge in [-0.15, -0.1) is 0 Å². The first-order valence-electron chi connectivity index (χ1n) is 15.8. The molecule has 0 saturated heterocycles. The number of Topliss-reactive ketones (excluding diaryl/α,β-unsaturated/α-hetero) is 1. The second kappa shape index (κ2) is 13.6. The van der Waals surface area contributed by atoms with Crippen LogP contribution in [0.5, 0.6) is 0 Å². The third kappa shape index (κ3) is 6.95. The highest BCUT2D eigenvalue weighted by Gasteiger charge is 2.61. The van der Waals surface area contributed by atoms with Crippen LogP contribution in [0.25, 0.3) is 0 Å². The number of aliphatic hydroxyl groups is 2. The molecule has 4 saturated carbocycles. The summed E-state index contributed by atoms with van der Waals surface area (Å²) >= 11 is 0. The van der Waals surface area contributed by atoms with Gasteiger partial charge in [0.05, 0.1) is 13.2 Å². The summed E-state index contributed by atoms with van der Waals surface area (Å²) in [5.74, 6) is 1.36. The van der Waals surface area contributed by atoms with Crippen LogP contribution >= 0.6 is 0 Å². The van der Waals surface area contributed by atoms with E-state index in [0.29, 0.717) is 29.5 Å². The maximum atomic E-state index is 12.4. The molecule has 0 bridgehead atoms. The highest BCUT2D eigenvalue weighted by molar-refractivity contribution is 5.79. The van der Waals surface area contributed by atoms with Gasteiger partial charge in [-0.25, -0.2) is 4.79 Å². The van der Waals surface area contributed by atoms with Crippen LogP contribution in [0, 0.1) is 46.3 Å². The summed E-state index contributed by atoms with van der Waals surface area (Å²) in [5.41, 5.74) is 0.371. The summed E-state index contributed by atoms with van der Waals surface area (Å²) < 4.78 is 20.5. The summed E-state index contributed by atoms with van der Waals surface area (Å²) in [6.45, 7) is 6.72. The summed E-state index contributed by atoms with van der Waals surface area (Å²) in [5, 5.41) is 18.0. The predicted molar refractivity (Wildman–Crippen MR) is 151 cm³/mol. The lowest BCUT2D eigenvalue weighted by Crippen LogP contribution is -2.54. The second-order valence-corrected chi connectivity index (χ2v) is 14.0. The van der Waals surface area contributed by atoms with E-state index >= 15 is 0 Å². The number of carbonyl (C=O) groups is 4. The zero-order valence-electron chi connectivity index (χ0n) is 25.7. The zero-order valence-corrected chi connectivity index (χ0v) is 25.7. The predicted octanol–water partition coefficient (Wildman–Crippen LogP) is 4.57. The Morgan fingerprint density at radius 2 is 1.50 bits per heavy atom. The zero-order chi connectivity index (χ0) is 30.7. The summed E-state index contributed by atoms with van der Waals surface area (Å²) in [6.07, 6.45) is 7.19. The number of esters is 2. The molecule has 4 aliphatic carbocycles. The maximum absolute atomic E-state index is 12.4. The van der Waals surface area contributed by atoms with Crippen LogP contribution in [0.1, 0.15) is 98.3 Å². The third-order valence-electron chi connectivity index (χ3n) is 11.5. The van der Waals surface area contributed by atoms with Gasteiger partial charge < -0.3 is 29.2 Å². The van der Waals surface area contributed by atoms with Crippen LogP contribution in [0.2, 0.25) is 0 Å². The molecule has 42 heavy (non-hydrogen) atoms. The lowest BCUT2D eigenvalue weighted by atomic mass is 9.44. The first kappa shape index (κ1) is 32.7. The quantitative estimate of drug-likeness (QED) is 0.198. The Kier molecular flexibility index (Phi) is 10.6. The molecule has 2 N–H and O–H groups in total. The van der Waals surface area contributed by atoms with Gasteiger partial charge in [-0.1, -0.05) is 20.8 Å². The number of ether oxygens (including phenoxy) is 4. The second-order valence-electron chi connectivity index (χ2n) is 14.0. The largest absolute Gasteiger partial charge is 0.511 e. The normalized spacial score (nSPS) is 36.2. The first-order chi connectivity index (χ1) is 19.9. The minimum Gasteiger partial charge on any atom is -0.457 e. The Morgan fingerprint density at radius 1 is 0.833 bits per heavy atom. The SMILES string of the molecule is CC(=O)C1CC[C@H]2C3CC[C@H]4C[C@H](OC(=O)OCOC(=O)CC(C)CC(=O)OC(CO)CO)CC[C@]4(C)[C@H]3CCC12C. The van der Waals surface area contributed by atoms with Gasteiger partial charge in [0.15, 0.2) is 0 Å². The number of fused-ring (bicyclic) bond motifs is 5. The summed E-state index contributed by atoms with van der Waals surface area (Å²) in [6, 6.07) is 0. The van der Waals surface area contributed by atoms with Crippen molar-refractivity contribution in [1.82, 2.24) is 0 Å². The van der Waals surface area contributed by atoms with Gasteiger partial charge in [0.25, 0.3) is 0 Å². The van der Waals surface area contributed by atoms with Crippen molar-refractivity contribution in [3.63, 3.8) is 0 Å². The average molecular weight is 595 g/mol. The standard InChI is InChI=1S/C32H50O10/c1-19(14-29(37)41-23(16-33)17-34)13-28(36)39-18-40-30(38)42-22-9-11-31(3)21(15-22)5-6-24-26-8-7-25(20(2)35)32(26,4)12-10-27(24)31/h19,21-27,33-34H,5-18H2,1-4H3/t19?,21-,22+,24?,25?,26-,27-,31-,32?/m0/s1. The Balaban J connectivity index is 1.18. The van der Waals surface area contributed by atoms with E-state index in [-0.39, 0.29) is 35.7 Å². The molecule has 10 nitrogen and oxygen atoms in total. The molecule has 238 valence electrons. The minimum absolute atomic E-state index is 0.0864. The molecule has 0 amide bonds. The number of carbonyl (C=O) groups excluding carboxylic acids is 4. The van der Waals surface area contributed by atoms with Crippen molar-refractivity contribution in [2.24, 2.45) is 46.3 Å². The topological polar surface area (TPSA) is 146 Å². The van der Waals surface area contributed by atoms with Crippen molar-refractivity contribution in [3.05, 3.63) is 0 Å². The lowest BCUT2D eigenvalue weighted by molar-refractivity contribution is -0.158. The van der Waals surface area contributed by atoms with Crippen molar-refractivity contribution in [1.29, 1.82) is 0 Å². The molecule has 4 unspecified atom stereocenters. The molecule has 0 spiro atoms. The molecule has 0 aromatic carbocycles. The van der Waals surface area contributed by atoms with E-state index in [0.717, 1.165) is 38.5 Å².